The Balaban J connectivity index is 2.47. The number of rotatable bonds is 8. The molecule has 1 N–H and O–H groups in total. The third-order valence-electron chi connectivity index (χ3n) is 3.84. The summed E-state index contributed by atoms with van der Waals surface area (Å²) < 4.78 is 4.91. The second-order valence-corrected chi connectivity index (χ2v) is 4.76. The van der Waals surface area contributed by atoms with Gasteiger partial charge in [-0.3, -0.25) is 14.5 Å². The van der Waals surface area contributed by atoms with Crippen molar-refractivity contribution in [1.29, 1.82) is 0 Å². The number of ether oxygens (including phenoxy) is 1. The van der Waals surface area contributed by atoms with Gasteiger partial charge < -0.3 is 10.1 Å². The maximum atomic E-state index is 12.3. The molecule has 0 aromatic rings. The van der Waals surface area contributed by atoms with Gasteiger partial charge in [0.15, 0.2) is 0 Å². The van der Waals surface area contributed by atoms with Gasteiger partial charge in [0.2, 0.25) is 11.8 Å². The largest absolute Gasteiger partial charge is 0.383 e. The van der Waals surface area contributed by atoms with Crippen LogP contribution < -0.4 is 5.32 Å². The van der Waals surface area contributed by atoms with E-state index >= 15 is 0 Å². The molecular weight excluding hydrogens is 232 g/mol. The monoisotopic (exact) mass is 256 g/mol. The zero-order valence-electron chi connectivity index (χ0n) is 11.6. The number of hydrogen-bond donors (Lipinski definition) is 1. The molecule has 0 bridgehead atoms. The van der Waals surface area contributed by atoms with Crippen LogP contribution >= 0.6 is 0 Å². The highest BCUT2D eigenvalue weighted by Crippen LogP contribution is 2.38. The van der Waals surface area contributed by atoms with Crippen molar-refractivity contribution in [3.63, 3.8) is 0 Å². The van der Waals surface area contributed by atoms with Gasteiger partial charge in [0.05, 0.1) is 12.0 Å². The van der Waals surface area contributed by atoms with E-state index in [9.17, 15) is 9.59 Å². The van der Waals surface area contributed by atoms with E-state index in [-0.39, 0.29) is 11.8 Å². The fraction of sp³-hybridized carbons (Fsp3) is 0.846. The summed E-state index contributed by atoms with van der Waals surface area (Å²) in [6.45, 7) is 6.42. The smallest absolute Gasteiger partial charge is 0.235 e. The van der Waals surface area contributed by atoms with Crippen molar-refractivity contribution in [3.8, 4) is 0 Å². The van der Waals surface area contributed by atoms with Crippen LogP contribution in [0, 0.1) is 5.41 Å². The number of imide groups is 1. The molecule has 0 aliphatic carbocycles. The Morgan fingerprint density at radius 3 is 2.44 bits per heavy atom. The molecule has 5 nitrogen and oxygen atoms in total. The topological polar surface area (TPSA) is 58.6 Å². The molecule has 1 heterocycles. The van der Waals surface area contributed by atoms with Crippen LogP contribution in [0.4, 0.5) is 0 Å². The highest BCUT2D eigenvalue weighted by atomic mass is 16.5. The Hall–Kier alpha value is -0.940. The van der Waals surface area contributed by atoms with Crippen molar-refractivity contribution < 1.29 is 14.3 Å². The molecule has 1 aliphatic rings. The minimum atomic E-state index is -0.441. The quantitative estimate of drug-likeness (QED) is 0.515. The molecule has 0 atom stereocenters. The second kappa shape index (κ2) is 6.85. The van der Waals surface area contributed by atoms with E-state index in [0.29, 0.717) is 26.1 Å². The lowest BCUT2D eigenvalue weighted by molar-refractivity contribution is -0.141. The van der Waals surface area contributed by atoms with E-state index in [1.165, 1.54) is 4.90 Å². The molecule has 1 aliphatic heterocycles. The molecular formula is C13H24N2O3. The molecule has 1 fully saturated rings. The zero-order chi connectivity index (χ0) is 13.6. The van der Waals surface area contributed by atoms with Crippen LogP contribution in [0.5, 0.6) is 0 Å². The lowest BCUT2D eigenvalue weighted by Gasteiger charge is -2.23. The van der Waals surface area contributed by atoms with Gasteiger partial charge in [-0.15, -0.1) is 0 Å². The van der Waals surface area contributed by atoms with E-state index in [4.69, 9.17) is 4.74 Å². The zero-order valence-corrected chi connectivity index (χ0v) is 11.6. The molecule has 5 heteroatoms. The van der Waals surface area contributed by atoms with Crippen LogP contribution in [0.25, 0.3) is 0 Å². The summed E-state index contributed by atoms with van der Waals surface area (Å²) in [5.74, 6) is -0.0247. The number of nitrogens with zero attached hydrogens (tertiary/aromatic N) is 1. The maximum absolute atomic E-state index is 12.3. The lowest BCUT2D eigenvalue weighted by atomic mass is 9.81. The molecule has 0 radical (unpaired) electrons. The first-order valence-electron chi connectivity index (χ1n) is 6.65. The number of carbonyl (C=O) groups is 2. The molecule has 0 aromatic heterocycles. The van der Waals surface area contributed by atoms with E-state index in [1.807, 2.05) is 13.8 Å². The first-order chi connectivity index (χ1) is 8.61. The molecule has 0 spiro atoms. The average Bonchev–Trinajstić information content (AvgIpc) is 2.62. The Kier molecular flexibility index (Phi) is 5.75. The van der Waals surface area contributed by atoms with Gasteiger partial charge in [0.1, 0.15) is 0 Å². The third-order valence-corrected chi connectivity index (χ3v) is 3.84. The summed E-state index contributed by atoms with van der Waals surface area (Å²) in [7, 11) is 1.64. The fourth-order valence-electron chi connectivity index (χ4n) is 2.38. The lowest BCUT2D eigenvalue weighted by Crippen LogP contribution is -2.39. The minimum Gasteiger partial charge on any atom is -0.383 e. The summed E-state index contributed by atoms with van der Waals surface area (Å²) in [5.41, 5.74) is -0.441. The molecule has 18 heavy (non-hydrogen) atoms. The molecule has 1 saturated heterocycles. The van der Waals surface area contributed by atoms with Gasteiger partial charge in [-0.1, -0.05) is 13.8 Å². The number of hydrogen-bond acceptors (Lipinski definition) is 4. The summed E-state index contributed by atoms with van der Waals surface area (Å²) in [6.07, 6.45) is 1.85. The maximum Gasteiger partial charge on any atom is 0.235 e. The molecule has 0 unspecified atom stereocenters. The molecule has 1 rings (SSSR count). The molecule has 0 saturated carbocycles. The highest BCUT2D eigenvalue weighted by Gasteiger charge is 2.48. The van der Waals surface area contributed by atoms with Crippen molar-refractivity contribution in [2.75, 3.05) is 33.4 Å². The first-order valence-corrected chi connectivity index (χ1v) is 6.65. The van der Waals surface area contributed by atoms with Crippen molar-refractivity contribution >= 4 is 11.8 Å². The summed E-state index contributed by atoms with van der Waals surface area (Å²) in [6, 6.07) is 0. The van der Waals surface area contributed by atoms with Crippen LogP contribution in [0.3, 0.4) is 0 Å². The Morgan fingerprint density at radius 2 is 1.94 bits per heavy atom. The third kappa shape index (κ3) is 3.09. The van der Waals surface area contributed by atoms with Gasteiger partial charge in [0.25, 0.3) is 0 Å². The Bertz CT molecular complexity index is 301. The van der Waals surface area contributed by atoms with E-state index in [1.54, 1.807) is 7.11 Å². The van der Waals surface area contributed by atoms with Crippen molar-refractivity contribution in [1.82, 2.24) is 10.2 Å². The summed E-state index contributed by atoms with van der Waals surface area (Å²) in [4.78, 5) is 25.6. The van der Waals surface area contributed by atoms with Crippen molar-refractivity contribution in [3.05, 3.63) is 0 Å². The number of carbonyl (C=O) groups excluding carboxylic acids is 2. The normalized spacial score (nSPS) is 18.7. The number of methoxy groups -OCH3 is 1. The Morgan fingerprint density at radius 1 is 1.28 bits per heavy atom. The summed E-state index contributed by atoms with van der Waals surface area (Å²) in [5, 5.41) is 3.15. The predicted molar refractivity (Wildman–Crippen MR) is 69.1 cm³/mol. The van der Waals surface area contributed by atoms with E-state index in [2.05, 4.69) is 5.32 Å². The molecule has 0 aromatic carbocycles. The molecule has 104 valence electrons. The Labute approximate surface area is 109 Å². The number of amides is 2. The van der Waals surface area contributed by atoms with Gasteiger partial charge >= 0.3 is 0 Å². The predicted octanol–water partition coefficient (Wildman–Crippen LogP) is 0.788. The average molecular weight is 256 g/mol. The van der Waals surface area contributed by atoms with Crippen LogP contribution in [-0.2, 0) is 14.3 Å². The second-order valence-electron chi connectivity index (χ2n) is 4.76. The van der Waals surface area contributed by atoms with Gasteiger partial charge in [-0.2, -0.15) is 0 Å². The van der Waals surface area contributed by atoms with Gasteiger partial charge in [-0.25, -0.2) is 0 Å². The van der Waals surface area contributed by atoms with E-state index < -0.39 is 5.41 Å². The number of nitrogens with one attached hydrogen (secondary N) is 1. The highest BCUT2D eigenvalue weighted by molar-refractivity contribution is 6.05. The number of likely N-dealkylation sites (tertiary alicyclic amines) is 1. The first kappa shape index (κ1) is 15.1. The van der Waals surface area contributed by atoms with Crippen LogP contribution in [0.2, 0.25) is 0 Å². The van der Waals surface area contributed by atoms with E-state index in [0.717, 1.165) is 19.4 Å². The van der Waals surface area contributed by atoms with Crippen LogP contribution in [0.1, 0.15) is 33.1 Å². The van der Waals surface area contributed by atoms with Crippen LogP contribution in [-0.4, -0.2) is 50.1 Å². The standard InChI is InChI=1S/C13H24N2O3/c1-4-13(5-2)10-11(16)15(12(13)17)8-6-14-7-9-18-3/h14H,4-10H2,1-3H3. The van der Waals surface area contributed by atoms with Crippen molar-refractivity contribution in [2.24, 2.45) is 5.41 Å². The minimum absolute atomic E-state index is 0.00559. The SMILES string of the molecule is CCC1(CC)CC(=O)N(CCNCCOC)C1=O. The van der Waals surface area contributed by atoms with Crippen molar-refractivity contribution in [2.45, 2.75) is 33.1 Å². The van der Waals surface area contributed by atoms with Crippen LogP contribution in [0.15, 0.2) is 0 Å². The van der Waals surface area contributed by atoms with Gasteiger partial charge in [0, 0.05) is 33.2 Å². The summed E-state index contributed by atoms with van der Waals surface area (Å²) >= 11 is 0. The fourth-order valence-corrected chi connectivity index (χ4v) is 2.38. The van der Waals surface area contributed by atoms with Gasteiger partial charge in [-0.05, 0) is 12.8 Å². The molecule has 2 amide bonds.